The molecule has 3 rings (SSSR count). The number of carbonyl (C=O) groups is 1. The first-order chi connectivity index (χ1) is 11.1. The van der Waals surface area contributed by atoms with Crippen LogP contribution in [0.1, 0.15) is 15.9 Å². The minimum absolute atomic E-state index is 0.0540. The molecule has 5 nitrogen and oxygen atoms in total. The predicted octanol–water partition coefficient (Wildman–Crippen LogP) is 3.07. The van der Waals surface area contributed by atoms with Gasteiger partial charge in [0.25, 0.3) is 0 Å². The number of ether oxygens (including phenoxy) is 3. The zero-order valence-corrected chi connectivity index (χ0v) is 12.8. The number of hydrogen-bond donors (Lipinski definition) is 1. The zero-order valence-electron chi connectivity index (χ0n) is 12.8. The van der Waals surface area contributed by atoms with Gasteiger partial charge in [0.15, 0.2) is 17.3 Å². The molecule has 1 aliphatic rings. The van der Waals surface area contributed by atoms with Crippen LogP contribution in [0.2, 0.25) is 0 Å². The molecule has 5 heteroatoms. The van der Waals surface area contributed by atoms with Crippen molar-refractivity contribution in [1.29, 1.82) is 0 Å². The minimum Gasteiger partial charge on any atom is -0.504 e. The van der Waals surface area contributed by atoms with Crippen LogP contribution in [0.5, 0.6) is 23.0 Å². The number of phenols is 1. The van der Waals surface area contributed by atoms with Crippen molar-refractivity contribution in [3.63, 3.8) is 0 Å². The van der Waals surface area contributed by atoms with Crippen LogP contribution in [-0.4, -0.2) is 31.7 Å². The van der Waals surface area contributed by atoms with Crippen molar-refractivity contribution in [3.8, 4) is 23.0 Å². The quantitative estimate of drug-likeness (QED) is 0.882. The van der Waals surface area contributed by atoms with Gasteiger partial charge in [-0.1, -0.05) is 6.07 Å². The van der Waals surface area contributed by atoms with Gasteiger partial charge in [0.05, 0.1) is 19.8 Å². The average molecular weight is 312 g/mol. The van der Waals surface area contributed by atoms with Crippen LogP contribution in [-0.2, 0) is 0 Å². The first kappa shape index (κ1) is 15.0. The average Bonchev–Trinajstić information content (AvgIpc) is 2.58. The topological polar surface area (TPSA) is 65.0 Å². The molecule has 0 bridgehead atoms. The Bertz CT molecular complexity index is 792. The monoisotopic (exact) mass is 312 g/mol. The van der Waals surface area contributed by atoms with Crippen molar-refractivity contribution in [2.45, 2.75) is 0 Å². The maximum atomic E-state index is 12.6. The summed E-state index contributed by atoms with van der Waals surface area (Å²) in [4.78, 5) is 12.6. The molecule has 1 aliphatic heterocycles. The molecule has 0 unspecified atom stereocenters. The van der Waals surface area contributed by atoms with E-state index >= 15 is 0 Å². The van der Waals surface area contributed by atoms with E-state index in [0.717, 1.165) is 5.56 Å². The number of methoxy groups -OCH3 is 2. The largest absolute Gasteiger partial charge is 0.504 e. The second-order valence-corrected chi connectivity index (χ2v) is 5.08. The van der Waals surface area contributed by atoms with E-state index in [4.69, 9.17) is 14.2 Å². The fraction of sp³-hybridized carbons (Fsp3) is 0.167. The Hall–Kier alpha value is -2.95. The Morgan fingerprint density at radius 2 is 1.96 bits per heavy atom. The second-order valence-electron chi connectivity index (χ2n) is 5.08. The molecule has 1 N–H and O–H groups in total. The Kier molecular flexibility index (Phi) is 3.93. The third-order valence-electron chi connectivity index (χ3n) is 3.65. The molecule has 2 aromatic carbocycles. The SMILES string of the molecule is COc1ccc2c(c1)OC/C(=C/c1ccc(O)c(OC)c1)C2=O. The number of carbonyl (C=O) groups excluding carboxylic acids is 1. The number of benzene rings is 2. The lowest BCUT2D eigenvalue weighted by atomic mass is 9.98. The normalized spacial score (nSPS) is 15.0. The van der Waals surface area contributed by atoms with Crippen molar-refractivity contribution in [3.05, 3.63) is 53.1 Å². The lowest BCUT2D eigenvalue weighted by Gasteiger charge is -2.19. The van der Waals surface area contributed by atoms with Crippen LogP contribution in [0.4, 0.5) is 0 Å². The number of fused-ring (bicyclic) bond motifs is 1. The van der Waals surface area contributed by atoms with Gasteiger partial charge < -0.3 is 19.3 Å². The third kappa shape index (κ3) is 2.85. The van der Waals surface area contributed by atoms with Crippen LogP contribution >= 0.6 is 0 Å². The minimum atomic E-state index is -0.0825. The molecule has 0 aliphatic carbocycles. The summed E-state index contributed by atoms with van der Waals surface area (Å²) in [6.45, 7) is 0.183. The molecule has 23 heavy (non-hydrogen) atoms. The molecule has 1 heterocycles. The Balaban J connectivity index is 1.94. The number of hydrogen-bond acceptors (Lipinski definition) is 5. The maximum absolute atomic E-state index is 12.6. The van der Waals surface area contributed by atoms with E-state index in [9.17, 15) is 9.90 Å². The summed E-state index contributed by atoms with van der Waals surface area (Å²) in [5.74, 6) is 1.50. The highest BCUT2D eigenvalue weighted by atomic mass is 16.5. The second kappa shape index (κ2) is 6.04. The molecule has 2 aromatic rings. The first-order valence-corrected chi connectivity index (χ1v) is 7.05. The zero-order chi connectivity index (χ0) is 16.4. The highest BCUT2D eigenvalue weighted by Gasteiger charge is 2.23. The summed E-state index contributed by atoms with van der Waals surface area (Å²) < 4.78 is 15.9. The van der Waals surface area contributed by atoms with Gasteiger partial charge in [0.2, 0.25) is 0 Å². The molecule has 0 spiro atoms. The van der Waals surface area contributed by atoms with Crippen LogP contribution in [0.25, 0.3) is 6.08 Å². The molecular formula is C18H16O5. The van der Waals surface area contributed by atoms with Gasteiger partial charge in [0.1, 0.15) is 18.1 Å². The van der Waals surface area contributed by atoms with Crippen molar-refractivity contribution < 1.29 is 24.1 Å². The van der Waals surface area contributed by atoms with E-state index in [2.05, 4.69) is 0 Å². The fourth-order valence-electron chi connectivity index (χ4n) is 2.42. The lowest BCUT2D eigenvalue weighted by molar-refractivity contribution is 0.100. The number of rotatable bonds is 3. The molecule has 0 saturated carbocycles. The van der Waals surface area contributed by atoms with Gasteiger partial charge in [-0.05, 0) is 35.9 Å². The van der Waals surface area contributed by atoms with E-state index in [0.29, 0.717) is 28.4 Å². The number of ketones is 1. The van der Waals surface area contributed by atoms with Gasteiger partial charge in [-0.3, -0.25) is 4.79 Å². The smallest absolute Gasteiger partial charge is 0.196 e. The Morgan fingerprint density at radius 3 is 2.70 bits per heavy atom. The van der Waals surface area contributed by atoms with Crippen molar-refractivity contribution in [1.82, 2.24) is 0 Å². The summed E-state index contributed by atoms with van der Waals surface area (Å²) in [5.41, 5.74) is 1.80. The van der Waals surface area contributed by atoms with Gasteiger partial charge >= 0.3 is 0 Å². The van der Waals surface area contributed by atoms with E-state index < -0.39 is 0 Å². The lowest BCUT2D eigenvalue weighted by Crippen LogP contribution is -2.19. The van der Waals surface area contributed by atoms with Crippen molar-refractivity contribution >= 4 is 11.9 Å². The number of aromatic hydroxyl groups is 1. The van der Waals surface area contributed by atoms with Crippen molar-refractivity contribution in [2.24, 2.45) is 0 Å². The molecule has 0 saturated heterocycles. The van der Waals surface area contributed by atoms with E-state index in [-0.39, 0.29) is 18.1 Å². The van der Waals surface area contributed by atoms with Crippen LogP contribution < -0.4 is 14.2 Å². The van der Waals surface area contributed by atoms with E-state index in [1.54, 1.807) is 43.5 Å². The standard InChI is InChI=1S/C18H16O5/c1-21-13-4-5-14-16(9-13)23-10-12(18(14)20)7-11-3-6-15(19)17(8-11)22-2/h3-9,19H,10H2,1-2H3/b12-7-. The third-order valence-corrected chi connectivity index (χ3v) is 3.65. The molecule has 118 valence electrons. The molecular weight excluding hydrogens is 296 g/mol. The highest BCUT2D eigenvalue weighted by molar-refractivity contribution is 6.14. The molecule has 0 amide bonds. The van der Waals surface area contributed by atoms with E-state index in [1.807, 2.05) is 0 Å². The van der Waals surface area contributed by atoms with Gasteiger partial charge in [0, 0.05) is 11.6 Å². The van der Waals surface area contributed by atoms with Crippen LogP contribution in [0, 0.1) is 0 Å². The predicted molar refractivity (Wildman–Crippen MR) is 85.5 cm³/mol. The maximum Gasteiger partial charge on any atom is 0.196 e. The summed E-state index contributed by atoms with van der Waals surface area (Å²) in [6.07, 6.45) is 1.73. The van der Waals surface area contributed by atoms with Gasteiger partial charge in [-0.15, -0.1) is 0 Å². The first-order valence-electron chi connectivity index (χ1n) is 7.05. The summed E-state index contributed by atoms with van der Waals surface area (Å²) in [5, 5.41) is 9.62. The summed E-state index contributed by atoms with van der Waals surface area (Å²) in [7, 11) is 3.04. The fourth-order valence-corrected chi connectivity index (χ4v) is 2.42. The van der Waals surface area contributed by atoms with Crippen molar-refractivity contribution in [2.75, 3.05) is 20.8 Å². The van der Waals surface area contributed by atoms with Crippen LogP contribution in [0.3, 0.4) is 0 Å². The molecule has 0 aromatic heterocycles. The Morgan fingerprint density at radius 1 is 1.13 bits per heavy atom. The summed E-state index contributed by atoms with van der Waals surface area (Å²) >= 11 is 0. The molecule has 0 fully saturated rings. The summed E-state index contributed by atoms with van der Waals surface area (Å²) in [6, 6.07) is 10.0. The molecule has 0 radical (unpaired) electrons. The van der Waals surface area contributed by atoms with Crippen LogP contribution in [0.15, 0.2) is 42.0 Å². The van der Waals surface area contributed by atoms with Gasteiger partial charge in [-0.2, -0.15) is 0 Å². The number of phenolic OH excluding ortho intramolecular Hbond substituents is 1. The van der Waals surface area contributed by atoms with E-state index in [1.165, 1.54) is 13.2 Å². The highest BCUT2D eigenvalue weighted by Crippen LogP contribution is 2.32. The van der Waals surface area contributed by atoms with Gasteiger partial charge in [-0.25, -0.2) is 0 Å². The Labute approximate surface area is 133 Å². The molecule has 0 atom stereocenters. The number of Topliss-reactive ketones (excluding diaryl/α,β-unsaturated/α-hetero) is 1.